The number of rotatable bonds is 3. The van der Waals surface area contributed by atoms with Crippen molar-refractivity contribution in [2.24, 2.45) is 0 Å². The maximum atomic E-state index is 11.8. The van der Waals surface area contributed by atoms with Gasteiger partial charge in [-0.25, -0.2) is 0 Å². The summed E-state index contributed by atoms with van der Waals surface area (Å²) in [7, 11) is -14.8. The van der Waals surface area contributed by atoms with Crippen molar-refractivity contribution < 1.29 is 75.0 Å². The Labute approximate surface area is 193 Å². The molecule has 14 heteroatoms. The van der Waals surface area contributed by atoms with Crippen molar-refractivity contribution in [2.75, 3.05) is 0 Å². The van der Waals surface area contributed by atoms with E-state index in [0.717, 1.165) is 18.2 Å². The SMILES string of the molecule is O=S(=O)(O)c1cc(O)c2ccc3c(S(=O)(=O)O)cc(S(=O)(=O)O)c4ccc1c2c34.[H-].[Na+]. The number of phenolic OH excluding ortho intramolecular Hbond substituents is 1. The first kappa shape index (κ1) is 23.1. The summed E-state index contributed by atoms with van der Waals surface area (Å²) in [6.45, 7) is 0. The molecule has 0 unspecified atom stereocenters. The van der Waals surface area contributed by atoms with Crippen molar-refractivity contribution >= 4 is 62.7 Å². The molecule has 0 aromatic heterocycles. The van der Waals surface area contributed by atoms with Crippen LogP contribution in [0.1, 0.15) is 1.43 Å². The van der Waals surface area contributed by atoms with Crippen LogP contribution in [0.15, 0.2) is 51.1 Å². The normalized spacial score (nSPS) is 13.2. The Morgan fingerprint density at radius 2 is 0.867 bits per heavy atom. The first-order chi connectivity index (χ1) is 13.2. The molecule has 0 heterocycles. The van der Waals surface area contributed by atoms with Crippen LogP contribution in [0.3, 0.4) is 0 Å². The molecule has 0 amide bonds. The topological polar surface area (TPSA) is 183 Å². The summed E-state index contributed by atoms with van der Waals surface area (Å²) < 4.78 is 99.5. The van der Waals surface area contributed by atoms with E-state index in [0.29, 0.717) is 6.07 Å². The number of phenols is 1. The summed E-state index contributed by atoms with van der Waals surface area (Å²) in [6.07, 6.45) is 0. The molecule has 0 bridgehead atoms. The molecule has 0 spiro atoms. The van der Waals surface area contributed by atoms with E-state index in [9.17, 15) is 44.0 Å². The van der Waals surface area contributed by atoms with E-state index in [4.69, 9.17) is 0 Å². The zero-order chi connectivity index (χ0) is 21.5. The van der Waals surface area contributed by atoms with Crippen molar-refractivity contribution in [2.45, 2.75) is 14.7 Å². The standard InChI is InChI=1S/C16H10O10S3.Na.H/c17-11-5-12(27(18,19)20)8-3-4-10-14(29(24,25)26)6-13(28(21,22)23)9-2-1-7(11)15(8)16(9)10;;/h1-6,17H,(H,18,19,20)(H,21,22,23)(H,24,25,26);;/q;+1;-1. The molecule has 0 fully saturated rings. The molecule has 4 N–H and O–H groups in total. The van der Waals surface area contributed by atoms with Gasteiger partial charge in [0.25, 0.3) is 30.4 Å². The summed E-state index contributed by atoms with van der Waals surface area (Å²) in [6, 6.07) is 6.07. The third-order valence-electron chi connectivity index (χ3n) is 4.60. The van der Waals surface area contributed by atoms with E-state index in [-0.39, 0.29) is 63.3 Å². The van der Waals surface area contributed by atoms with Gasteiger partial charge in [-0.05, 0) is 12.1 Å². The Morgan fingerprint density at radius 1 is 0.567 bits per heavy atom. The molecular weight excluding hydrogens is 471 g/mol. The van der Waals surface area contributed by atoms with E-state index in [1.807, 2.05) is 0 Å². The van der Waals surface area contributed by atoms with Gasteiger partial charge in [-0.1, -0.05) is 18.2 Å². The molecule has 4 aromatic carbocycles. The van der Waals surface area contributed by atoms with Crippen LogP contribution in [0.5, 0.6) is 5.75 Å². The van der Waals surface area contributed by atoms with E-state index in [1.165, 1.54) is 12.1 Å². The second kappa shape index (κ2) is 6.98. The fourth-order valence-electron chi connectivity index (χ4n) is 3.52. The summed E-state index contributed by atoms with van der Waals surface area (Å²) >= 11 is 0. The maximum absolute atomic E-state index is 11.8. The Balaban J connectivity index is 0.00000171. The minimum absolute atomic E-state index is 0. The van der Waals surface area contributed by atoms with Crippen LogP contribution in [0.4, 0.5) is 0 Å². The van der Waals surface area contributed by atoms with Gasteiger partial charge in [-0.15, -0.1) is 0 Å². The quantitative estimate of drug-likeness (QED) is 0.163. The predicted octanol–water partition coefficient (Wildman–Crippen LogP) is -0.854. The predicted molar refractivity (Wildman–Crippen MR) is 102 cm³/mol. The Kier molecular flexibility index (Phi) is 5.38. The molecule has 0 saturated heterocycles. The smallest absolute Gasteiger partial charge is 1.00 e. The monoisotopic (exact) mass is 482 g/mol. The van der Waals surface area contributed by atoms with Gasteiger partial charge in [0, 0.05) is 38.4 Å². The maximum Gasteiger partial charge on any atom is 1.00 e. The van der Waals surface area contributed by atoms with Gasteiger partial charge >= 0.3 is 29.6 Å². The van der Waals surface area contributed by atoms with Crippen LogP contribution >= 0.6 is 0 Å². The fourth-order valence-corrected chi connectivity index (χ4v) is 5.73. The van der Waals surface area contributed by atoms with Gasteiger partial charge < -0.3 is 6.53 Å². The number of hydrogen-bond donors (Lipinski definition) is 4. The minimum atomic E-state index is -4.96. The summed E-state index contributed by atoms with van der Waals surface area (Å²) in [5, 5.41) is 9.54. The van der Waals surface area contributed by atoms with Crippen molar-refractivity contribution in [1.82, 2.24) is 0 Å². The van der Waals surface area contributed by atoms with Crippen LogP contribution in [-0.2, 0) is 30.4 Å². The first-order valence-electron chi connectivity index (χ1n) is 7.61. The van der Waals surface area contributed by atoms with Crippen molar-refractivity contribution in [1.29, 1.82) is 0 Å². The molecule has 0 aliphatic heterocycles. The van der Waals surface area contributed by atoms with Gasteiger partial charge in [-0.2, -0.15) is 25.3 Å². The average Bonchev–Trinajstić information content (AvgIpc) is 2.57. The van der Waals surface area contributed by atoms with Crippen LogP contribution in [0, 0.1) is 0 Å². The number of hydrogen-bond acceptors (Lipinski definition) is 7. The summed E-state index contributed by atoms with van der Waals surface area (Å²) in [5.41, 5.74) is 0. The van der Waals surface area contributed by atoms with E-state index >= 15 is 0 Å². The molecule has 30 heavy (non-hydrogen) atoms. The number of benzene rings is 4. The van der Waals surface area contributed by atoms with Crippen molar-refractivity contribution in [3.63, 3.8) is 0 Å². The molecule has 154 valence electrons. The summed E-state index contributed by atoms with van der Waals surface area (Å²) in [5.74, 6) is -0.579. The van der Waals surface area contributed by atoms with E-state index in [2.05, 4.69) is 0 Å². The zero-order valence-corrected chi connectivity index (χ0v) is 19.4. The summed E-state index contributed by atoms with van der Waals surface area (Å²) in [4.78, 5) is -2.38. The zero-order valence-electron chi connectivity index (χ0n) is 15.9. The van der Waals surface area contributed by atoms with Crippen LogP contribution in [0.25, 0.3) is 32.3 Å². The third-order valence-corrected chi connectivity index (χ3v) is 7.28. The van der Waals surface area contributed by atoms with Crippen LogP contribution in [-0.4, -0.2) is 44.0 Å². The van der Waals surface area contributed by atoms with Crippen LogP contribution < -0.4 is 29.6 Å². The second-order valence-electron chi connectivity index (χ2n) is 6.26. The van der Waals surface area contributed by atoms with Gasteiger partial charge in [0.1, 0.15) is 20.4 Å². The molecule has 0 atom stereocenters. The third kappa shape index (κ3) is 3.45. The van der Waals surface area contributed by atoms with Gasteiger partial charge in [0.15, 0.2) is 0 Å². The minimum Gasteiger partial charge on any atom is -1.00 e. The van der Waals surface area contributed by atoms with E-state index < -0.39 is 50.8 Å². The molecule has 0 radical (unpaired) electrons. The Hall–Kier alpha value is -1.55. The van der Waals surface area contributed by atoms with Crippen LogP contribution in [0.2, 0.25) is 0 Å². The van der Waals surface area contributed by atoms with Crippen molar-refractivity contribution in [3.05, 3.63) is 36.4 Å². The second-order valence-corrected chi connectivity index (χ2v) is 10.4. The van der Waals surface area contributed by atoms with Crippen molar-refractivity contribution in [3.8, 4) is 5.75 Å². The molecular formula is C16H11NaO10S3. The number of aromatic hydroxyl groups is 1. The molecule has 4 aromatic rings. The fraction of sp³-hybridized carbons (Fsp3) is 0. The Bertz CT molecular complexity index is 1630. The van der Waals surface area contributed by atoms with Gasteiger partial charge in [0.2, 0.25) is 0 Å². The molecule has 0 aliphatic carbocycles. The molecule has 10 nitrogen and oxygen atoms in total. The first-order valence-corrected chi connectivity index (χ1v) is 11.9. The molecule has 0 saturated carbocycles. The van der Waals surface area contributed by atoms with Gasteiger partial charge in [-0.3, -0.25) is 13.7 Å². The molecule has 4 rings (SSSR count). The molecule has 0 aliphatic rings. The Morgan fingerprint density at radius 3 is 1.23 bits per heavy atom. The largest absolute Gasteiger partial charge is 1.00 e. The average molecular weight is 482 g/mol. The van der Waals surface area contributed by atoms with E-state index in [1.54, 1.807) is 0 Å². The van der Waals surface area contributed by atoms with Gasteiger partial charge in [0.05, 0.1) is 0 Å².